The van der Waals surface area contributed by atoms with Gasteiger partial charge in [-0.25, -0.2) is 0 Å². The number of methoxy groups -OCH3 is 1. The summed E-state index contributed by atoms with van der Waals surface area (Å²) in [5.41, 5.74) is 3.08. The Morgan fingerprint density at radius 2 is 1.44 bits per heavy atom. The van der Waals surface area contributed by atoms with Gasteiger partial charge in [0, 0.05) is 71.4 Å². The summed E-state index contributed by atoms with van der Waals surface area (Å²) in [5.74, 6) is 1.04. The Hall–Kier alpha value is -3.06. The van der Waals surface area contributed by atoms with Gasteiger partial charge in [-0.05, 0) is 29.8 Å². The van der Waals surface area contributed by atoms with Crippen molar-refractivity contribution in [3.63, 3.8) is 0 Å². The number of carbonyl (C=O) groups excluding carboxylic acids is 2. The molecule has 0 saturated carbocycles. The van der Waals surface area contributed by atoms with E-state index in [0.717, 1.165) is 44.2 Å². The molecule has 2 aromatic rings. The van der Waals surface area contributed by atoms with Crippen molar-refractivity contribution in [3.05, 3.63) is 59.7 Å². The van der Waals surface area contributed by atoms with Crippen LogP contribution in [0.5, 0.6) is 5.75 Å². The van der Waals surface area contributed by atoms with Crippen LogP contribution in [0, 0.1) is 0 Å². The van der Waals surface area contributed by atoms with E-state index in [4.69, 9.17) is 4.74 Å². The molecular weight excluding hydrogens is 404 g/mol. The maximum Gasteiger partial charge on any atom is 0.253 e. The lowest BCUT2D eigenvalue weighted by molar-refractivity contribution is -0.130. The fourth-order valence-electron chi connectivity index (χ4n) is 4.46. The van der Waals surface area contributed by atoms with Crippen LogP contribution in [0.15, 0.2) is 48.5 Å². The van der Waals surface area contributed by atoms with Gasteiger partial charge in [0.15, 0.2) is 0 Å². The average Bonchev–Trinajstić information content (AvgIpc) is 2.84. The summed E-state index contributed by atoms with van der Waals surface area (Å²) in [6.45, 7) is 8.76. The van der Waals surface area contributed by atoms with Gasteiger partial charge in [0.1, 0.15) is 5.75 Å². The van der Waals surface area contributed by atoms with Gasteiger partial charge in [-0.1, -0.05) is 24.3 Å². The highest BCUT2D eigenvalue weighted by Gasteiger charge is 2.23. The number of rotatable bonds is 5. The molecule has 2 amide bonds. The lowest BCUT2D eigenvalue weighted by Gasteiger charge is -2.36. The predicted octanol–water partition coefficient (Wildman–Crippen LogP) is 2.32. The lowest BCUT2D eigenvalue weighted by Crippen LogP contribution is -2.50. The van der Waals surface area contributed by atoms with Crippen molar-refractivity contribution in [1.82, 2.24) is 14.7 Å². The topological polar surface area (TPSA) is 56.3 Å². The number of benzene rings is 2. The molecule has 2 aliphatic rings. The molecule has 32 heavy (non-hydrogen) atoms. The highest BCUT2D eigenvalue weighted by atomic mass is 16.5. The first-order chi connectivity index (χ1) is 15.5. The lowest BCUT2D eigenvalue weighted by atomic mass is 10.1. The second-order valence-electron chi connectivity index (χ2n) is 8.43. The first kappa shape index (κ1) is 22.1. The number of hydrogen-bond donors (Lipinski definition) is 0. The summed E-state index contributed by atoms with van der Waals surface area (Å²) in [6.07, 6.45) is 0. The van der Waals surface area contributed by atoms with Crippen molar-refractivity contribution < 1.29 is 14.3 Å². The number of amides is 2. The van der Waals surface area contributed by atoms with Gasteiger partial charge in [-0.3, -0.25) is 14.5 Å². The van der Waals surface area contributed by atoms with Crippen molar-refractivity contribution in [2.24, 2.45) is 0 Å². The van der Waals surface area contributed by atoms with E-state index < -0.39 is 0 Å². The zero-order valence-corrected chi connectivity index (χ0v) is 19.0. The SMILES string of the molecule is COc1ccccc1N1CCN(Cc2ccc(C(=O)N3CCN(C(C)=O)CC3)cc2)CC1. The van der Waals surface area contributed by atoms with E-state index in [2.05, 4.69) is 34.1 Å². The fraction of sp³-hybridized carbons (Fsp3) is 0.440. The van der Waals surface area contributed by atoms with Gasteiger partial charge in [-0.15, -0.1) is 0 Å². The number of piperazine rings is 2. The van der Waals surface area contributed by atoms with Crippen LogP contribution in [-0.4, -0.2) is 86.0 Å². The summed E-state index contributed by atoms with van der Waals surface area (Å²) in [6, 6.07) is 16.2. The quantitative estimate of drug-likeness (QED) is 0.720. The molecule has 0 bridgehead atoms. The Kier molecular flexibility index (Phi) is 6.95. The molecule has 0 radical (unpaired) electrons. The molecular formula is C25H32N4O3. The van der Waals surface area contributed by atoms with Crippen molar-refractivity contribution in [2.45, 2.75) is 13.5 Å². The molecule has 0 spiro atoms. The van der Waals surface area contributed by atoms with Gasteiger partial charge in [0.05, 0.1) is 12.8 Å². The second kappa shape index (κ2) is 10.0. The van der Waals surface area contributed by atoms with E-state index in [0.29, 0.717) is 31.7 Å². The summed E-state index contributed by atoms with van der Waals surface area (Å²) >= 11 is 0. The van der Waals surface area contributed by atoms with Crippen LogP contribution >= 0.6 is 0 Å². The summed E-state index contributed by atoms with van der Waals surface area (Å²) in [5, 5.41) is 0. The standard InChI is InChI=1S/C25H32N4O3/c1-20(30)27-15-17-29(18-16-27)25(31)22-9-7-21(8-10-22)19-26-11-13-28(14-12-26)23-5-3-4-6-24(23)32-2/h3-10H,11-19H2,1-2H3. The molecule has 0 aromatic heterocycles. The maximum absolute atomic E-state index is 12.8. The predicted molar refractivity (Wildman–Crippen MR) is 125 cm³/mol. The molecule has 2 aliphatic heterocycles. The molecule has 170 valence electrons. The third kappa shape index (κ3) is 5.05. The highest BCUT2D eigenvalue weighted by Crippen LogP contribution is 2.28. The zero-order chi connectivity index (χ0) is 22.5. The van der Waals surface area contributed by atoms with Crippen molar-refractivity contribution >= 4 is 17.5 Å². The van der Waals surface area contributed by atoms with Crippen molar-refractivity contribution in [1.29, 1.82) is 0 Å². The number of para-hydroxylation sites is 2. The Bertz CT molecular complexity index is 930. The molecule has 0 N–H and O–H groups in total. The monoisotopic (exact) mass is 436 g/mol. The molecule has 2 aromatic carbocycles. The first-order valence-electron chi connectivity index (χ1n) is 11.3. The first-order valence-corrected chi connectivity index (χ1v) is 11.3. The average molecular weight is 437 g/mol. The van der Waals surface area contributed by atoms with Crippen LogP contribution < -0.4 is 9.64 Å². The molecule has 0 unspecified atom stereocenters. The minimum absolute atomic E-state index is 0.0465. The Labute approximate surface area is 190 Å². The molecule has 7 heteroatoms. The normalized spacial score (nSPS) is 17.4. The Morgan fingerprint density at radius 1 is 0.812 bits per heavy atom. The molecule has 2 fully saturated rings. The minimum Gasteiger partial charge on any atom is -0.495 e. The molecule has 4 rings (SSSR count). The van der Waals surface area contributed by atoms with Gasteiger partial charge in [-0.2, -0.15) is 0 Å². The van der Waals surface area contributed by atoms with Crippen LogP contribution in [0.1, 0.15) is 22.8 Å². The van der Waals surface area contributed by atoms with Crippen LogP contribution in [0.3, 0.4) is 0 Å². The van der Waals surface area contributed by atoms with E-state index in [1.54, 1.807) is 18.9 Å². The smallest absolute Gasteiger partial charge is 0.253 e. The van der Waals surface area contributed by atoms with Gasteiger partial charge < -0.3 is 19.4 Å². The molecule has 2 saturated heterocycles. The summed E-state index contributed by atoms with van der Waals surface area (Å²) < 4.78 is 5.51. The largest absolute Gasteiger partial charge is 0.495 e. The number of anilines is 1. The number of nitrogens with zero attached hydrogens (tertiary/aromatic N) is 4. The van der Waals surface area contributed by atoms with Gasteiger partial charge >= 0.3 is 0 Å². The summed E-state index contributed by atoms with van der Waals surface area (Å²) in [7, 11) is 1.72. The Balaban J connectivity index is 1.28. The highest BCUT2D eigenvalue weighted by molar-refractivity contribution is 5.94. The molecule has 7 nitrogen and oxygen atoms in total. The third-order valence-electron chi connectivity index (χ3n) is 6.42. The number of ether oxygens (including phenoxy) is 1. The number of hydrogen-bond acceptors (Lipinski definition) is 5. The fourth-order valence-corrected chi connectivity index (χ4v) is 4.46. The minimum atomic E-state index is 0.0465. The van der Waals surface area contributed by atoms with Crippen LogP contribution in [-0.2, 0) is 11.3 Å². The van der Waals surface area contributed by atoms with E-state index >= 15 is 0 Å². The molecule has 0 atom stereocenters. The molecule has 0 aliphatic carbocycles. The zero-order valence-electron chi connectivity index (χ0n) is 19.0. The second-order valence-corrected chi connectivity index (χ2v) is 8.43. The van der Waals surface area contributed by atoms with Crippen LogP contribution in [0.25, 0.3) is 0 Å². The van der Waals surface area contributed by atoms with Crippen LogP contribution in [0.2, 0.25) is 0 Å². The van der Waals surface area contributed by atoms with E-state index in [1.807, 2.05) is 29.2 Å². The van der Waals surface area contributed by atoms with Crippen LogP contribution in [0.4, 0.5) is 5.69 Å². The number of carbonyl (C=O) groups is 2. The van der Waals surface area contributed by atoms with Gasteiger partial charge in [0.2, 0.25) is 5.91 Å². The maximum atomic E-state index is 12.8. The summed E-state index contributed by atoms with van der Waals surface area (Å²) in [4.78, 5) is 32.7. The van der Waals surface area contributed by atoms with Crippen molar-refractivity contribution in [3.8, 4) is 5.75 Å². The van der Waals surface area contributed by atoms with Crippen molar-refractivity contribution in [2.75, 3.05) is 64.4 Å². The van der Waals surface area contributed by atoms with E-state index in [-0.39, 0.29) is 11.8 Å². The van der Waals surface area contributed by atoms with E-state index in [9.17, 15) is 9.59 Å². The molecule has 2 heterocycles. The third-order valence-corrected chi connectivity index (χ3v) is 6.42. The van der Waals surface area contributed by atoms with E-state index in [1.165, 1.54) is 5.56 Å². The Morgan fingerprint density at radius 3 is 2.06 bits per heavy atom. The van der Waals surface area contributed by atoms with Gasteiger partial charge in [0.25, 0.3) is 5.91 Å².